The highest BCUT2D eigenvalue weighted by Gasteiger charge is 2.57. The maximum Gasteiger partial charge on any atom is 0.309 e. The van der Waals surface area contributed by atoms with E-state index in [0.29, 0.717) is 24.9 Å². The molecule has 3 nitrogen and oxygen atoms in total. The van der Waals surface area contributed by atoms with Gasteiger partial charge in [0.1, 0.15) is 0 Å². The number of rotatable bonds is 5. The highest BCUT2D eigenvalue weighted by molar-refractivity contribution is 5.75. The molecule has 2 unspecified atom stereocenters. The number of fused-ring (bicyclic) bond motifs is 1. The highest BCUT2D eigenvalue weighted by atomic mass is 16.5. The molecule has 2 fully saturated rings. The number of carboxylic acids is 1. The average Bonchev–Trinajstić information content (AvgIpc) is 2.74. The first-order valence-electron chi connectivity index (χ1n) is 5.88. The zero-order valence-corrected chi connectivity index (χ0v) is 9.53. The minimum atomic E-state index is -0.609. The van der Waals surface area contributed by atoms with Crippen LogP contribution in [0.1, 0.15) is 39.5 Å². The first-order chi connectivity index (χ1) is 7.03. The molecule has 1 N–H and O–H groups in total. The van der Waals surface area contributed by atoms with Crippen molar-refractivity contribution in [3.63, 3.8) is 0 Å². The van der Waals surface area contributed by atoms with Crippen molar-refractivity contribution >= 4 is 5.97 Å². The number of carbonyl (C=O) groups is 1. The second kappa shape index (κ2) is 3.78. The Bertz CT molecular complexity index is 250. The second-order valence-corrected chi connectivity index (χ2v) is 5.42. The van der Waals surface area contributed by atoms with Crippen LogP contribution >= 0.6 is 0 Å². The molecule has 2 aliphatic rings. The van der Waals surface area contributed by atoms with Crippen LogP contribution in [-0.2, 0) is 9.53 Å². The van der Waals surface area contributed by atoms with Crippen LogP contribution in [0.2, 0.25) is 0 Å². The molecule has 15 heavy (non-hydrogen) atoms. The smallest absolute Gasteiger partial charge is 0.309 e. The van der Waals surface area contributed by atoms with Crippen molar-refractivity contribution in [2.45, 2.75) is 45.6 Å². The van der Waals surface area contributed by atoms with Gasteiger partial charge in [-0.05, 0) is 51.4 Å². The molecule has 86 valence electrons. The van der Waals surface area contributed by atoms with Crippen LogP contribution in [-0.4, -0.2) is 23.8 Å². The summed E-state index contributed by atoms with van der Waals surface area (Å²) in [7, 11) is 0. The Morgan fingerprint density at radius 1 is 1.47 bits per heavy atom. The van der Waals surface area contributed by atoms with Crippen LogP contribution in [0.15, 0.2) is 0 Å². The predicted octanol–water partition coefficient (Wildman–Crippen LogP) is 2.30. The molecule has 2 aliphatic carbocycles. The Kier molecular flexibility index (Phi) is 2.75. The van der Waals surface area contributed by atoms with Gasteiger partial charge in [-0.25, -0.2) is 0 Å². The number of hydrogen-bond donors (Lipinski definition) is 1. The van der Waals surface area contributed by atoms with Gasteiger partial charge in [0.15, 0.2) is 0 Å². The quantitative estimate of drug-likeness (QED) is 0.760. The lowest BCUT2D eigenvalue weighted by Gasteiger charge is -2.26. The van der Waals surface area contributed by atoms with Crippen molar-refractivity contribution in [2.24, 2.45) is 17.3 Å². The number of carboxylic acid groups (broad SMARTS) is 1. The number of hydrogen-bond acceptors (Lipinski definition) is 2. The van der Waals surface area contributed by atoms with E-state index in [0.717, 1.165) is 12.8 Å². The molecule has 0 spiro atoms. The maximum absolute atomic E-state index is 11.3. The summed E-state index contributed by atoms with van der Waals surface area (Å²) in [5, 5.41) is 9.31. The first kappa shape index (κ1) is 10.9. The molecule has 0 aliphatic heterocycles. The van der Waals surface area contributed by atoms with Gasteiger partial charge in [0.05, 0.1) is 11.5 Å². The Morgan fingerprint density at radius 3 is 2.53 bits per heavy atom. The normalized spacial score (nSPS) is 38.1. The maximum atomic E-state index is 11.3. The lowest BCUT2D eigenvalue weighted by molar-refractivity contribution is -0.150. The third kappa shape index (κ3) is 2.17. The Morgan fingerprint density at radius 2 is 2.07 bits per heavy atom. The van der Waals surface area contributed by atoms with Crippen LogP contribution < -0.4 is 0 Å². The lowest BCUT2D eigenvalue weighted by Crippen LogP contribution is -2.31. The van der Waals surface area contributed by atoms with Gasteiger partial charge in [-0.1, -0.05) is 0 Å². The molecular weight excluding hydrogens is 192 g/mol. The summed E-state index contributed by atoms with van der Waals surface area (Å²) in [6, 6.07) is 0. The van der Waals surface area contributed by atoms with Gasteiger partial charge in [-0.3, -0.25) is 4.79 Å². The number of ether oxygens (including phenoxy) is 1. The van der Waals surface area contributed by atoms with E-state index in [2.05, 4.69) is 0 Å². The van der Waals surface area contributed by atoms with Gasteiger partial charge < -0.3 is 9.84 Å². The topological polar surface area (TPSA) is 46.5 Å². The summed E-state index contributed by atoms with van der Waals surface area (Å²) in [5.41, 5.74) is -0.456. The molecule has 0 radical (unpaired) electrons. The summed E-state index contributed by atoms with van der Waals surface area (Å²) >= 11 is 0. The van der Waals surface area contributed by atoms with Crippen molar-refractivity contribution in [1.29, 1.82) is 0 Å². The molecule has 0 amide bonds. The molecule has 0 saturated heterocycles. The molecule has 2 atom stereocenters. The van der Waals surface area contributed by atoms with E-state index in [1.807, 2.05) is 13.8 Å². The monoisotopic (exact) mass is 212 g/mol. The molecule has 3 heteroatoms. The van der Waals surface area contributed by atoms with Gasteiger partial charge in [0.2, 0.25) is 0 Å². The molecule has 2 rings (SSSR count). The van der Waals surface area contributed by atoms with E-state index in [1.54, 1.807) is 0 Å². The molecule has 0 bridgehead atoms. The fraction of sp³-hybridized carbons (Fsp3) is 0.917. The standard InChI is InChI=1S/C12H20O3/c1-8(2)15-4-3-12(11(13)14)6-9-5-10(9)7-12/h8-10H,3-7H2,1-2H3,(H,13,14). The zero-order valence-electron chi connectivity index (χ0n) is 9.53. The van der Waals surface area contributed by atoms with Crippen molar-refractivity contribution in [1.82, 2.24) is 0 Å². The van der Waals surface area contributed by atoms with E-state index in [9.17, 15) is 9.90 Å². The van der Waals surface area contributed by atoms with Crippen LogP contribution in [0.5, 0.6) is 0 Å². The first-order valence-corrected chi connectivity index (χ1v) is 5.88. The lowest BCUT2D eigenvalue weighted by atomic mass is 9.80. The molecule has 0 aromatic carbocycles. The predicted molar refractivity (Wildman–Crippen MR) is 56.6 cm³/mol. The van der Waals surface area contributed by atoms with E-state index in [-0.39, 0.29) is 6.10 Å². The number of aliphatic carboxylic acids is 1. The summed E-state index contributed by atoms with van der Waals surface area (Å²) in [5.74, 6) is 0.808. The van der Waals surface area contributed by atoms with Crippen LogP contribution in [0.4, 0.5) is 0 Å². The minimum Gasteiger partial charge on any atom is -0.481 e. The van der Waals surface area contributed by atoms with Gasteiger partial charge >= 0.3 is 5.97 Å². The van der Waals surface area contributed by atoms with E-state index < -0.39 is 11.4 Å². The summed E-state index contributed by atoms with van der Waals surface area (Å²) in [4.78, 5) is 11.3. The van der Waals surface area contributed by atoms with Gasteiger partial charge in [-0.15, -0.1) is 0 Å². The van der Waals surface area contributed by atoms with Crippen molar-refractivity contribution in [3.8, 4) is 0 Å². The van der Waals surface area contributed by atoms with Gasteiger partial charge in [-0.2, -0.15) is 0 Å². The summed E-state index contributed by atoms with van der Waals surface area (Å²) in [6.45, 7) is 4.56. The molecule has 0 aromatic heterocycles. The molecule has 0 aromatic rings. The summed E-state index contributed by atoms with van der Waals surface area (Å²) < 4.78 is 5.47. The van der Waals surface area contributed by atoms with E-state index in [4.69, 9.17) is 4.74 Å². The largest absolute Gasteiger partial charge is 0.481 e. The fourth-order valence-corrected chi connectivity index (χ4v) is 2.87. The van der Waals surface area contributed by atoms with Crippen molar-refractivity contribution < 1.29 is 14.6 Å². The molecule has 0 heterocycles. The highest BCUT2D eigenvalue weighted by Crippen LogP contribution is 2.61. The third-order valence-electron chi connectivity index (χ3n) is 3.86. The Balaban J connectivity index is 1.87. The second-order valence-electron chi connectivity index (χ2n) is 5.42. The summed E-state index contributed by atoms with van der Waals surface area (Å²) in [6.07, 6.45) is 3.92. The third-order valence-corrected chi connectivity index (χ3v) is 3.86. The SMILES string of the molecule is CC(C)OCCC1(C(=O)O)CC2CC2C1. The van der Waals surface area contributed by atoms with Crippen LogP contribution in [0.3, 0.4) is 0 Å². The van der Waals surface area contributed by atoms with Gasteiger partial charge in [0.25, 0.3) is 0 Å². The fourth-order valence-electron chi connectivity index (χ4n) is 2.87. The van der Waals surface area contributed by atoms with Crippen LogP contribution in [0.25, 0.3) is 0 Å². The van der Waals surface area contributed by atoms with E-state index >= 15 is 0 Å². The minimum absolute atomic E-state index is 0.201. The van der Waals surface area contributed by atoms with Crippen LogP contribution in [0, 0.1) is 17.3 Å². The average molecular weight is 212 g/mol. The van der Waals surface area contributed by atoms with Crippen molar-refractivity contribution in [2.75, 3.05) is 6.61 Å². The zero-order chi connectivity index (χ0) is 11.1. The molecular formula is C12H20O3. The Labute approximate surface area is 90.8 Å². The molecule has 2 saturated carbocycles. The van der Waals surface area contributed by atoms with Crippen molar-refractivity contribution in [3.05, 3.63) is 0 Å². The van der Waals surface area contributed by atoms with Gasteiger partial charge in [0, 0.05) is 6.61 Å². The van der Waals surface area contributed by atoms with E-state index in [1.165, 1.54) is 6.42 Å². The Hall–Kier alpha value is -0.570.